The van der Waals surface area contributed by atoms with Crippen molar-refractivity contribution in [3.8, 4) is 11.5 Å². The number of rotatable bonds is 7. The first-order valence-electron chi connectivity index (χ1n) is 15.2. The second-order valence-corrected chi connectivity index (χ2v) is 12.3. The van der Waals surface area contributed by atoms with Gasteiger partial charge in [-0.05, 0) is 43.8 Å². The minimum Gasteiger partial charge on any atom is -0.463 e. The number of aromatic nitrogens is 1. The molecular weight excluding hydrogens is 622 g/mol. The molecule has 3 aromatic carbocycles. The third kappa shape index (κ3) is 5.68. The highest BCUT2D eigenvalue weighted by molar-refractivity contribution is 7.07. The first kappa shape index (κ1) is 30.4. The fourth-order valence-electron chi connectivity index (χ4n) is 6.09. The average Bonchev–Trinajstić information content (AvgIpc) is 3.68. The highest BCUT2D eigenvalue weighted by Crippen LogP contribution is 2.40. The normalized spacial score (nSPS) is 17.8. The Balaban J connectivity index is 1.47. The number of nitro benzene ring substituents is 1. The summed E-state index contributed by atoms with van der Waals surface area (Å²) in [5.74, 6) is 0.468. The zero-order valence-electron chi connectivity index (χ0n) is 25.8. The molecule has 0 radical (unpaired) electrons. The Bertz CT molecular complexity index is 2100. The number of carbonyl (C=O) groups is 1. The summed E-state index contributed by atoms with van der Waals surface area (Å²) >= 11 is 1.17. The van der Waals surface area contributed by atoms with E-state index in [1.54, 1.807) is 37.3 Å². The number of carbonyl (C=O) groups excluding carboxylic acids is 1. The molecule has 0 bridgehead atoms. The third-order valence-electron chi connectivity index (χ3n) is 8.44. The number of non-ortho nitro benzene ring substituents is 1. The number of thiazole rings is 1. The molecule has 0 spiro atoms. The van der Waals surface area contributed by atoms with Crippen LogP contribution in [0.25, 0.3) is 11.8 Å². The van der Waals surface area contributed by atoms with Gasteiger partial charge in [-0.2, -0.15) is 0 Å². The van der Waals surface area contributed by atoms with Gasteiger partial charge in [0.15, 0.2) is 16.3 Å². The second kappa shape index (κ2) is 12.5. The standard InChI is InChI=1S/C34H31N5O7S/c1-3-44-33(41)29-30(21-7-5-4-6-8-21)35-34-38(31(29)22-9-12-26-27(18-22)46-20-45-26)32(40)28(47-34)19-23-17-24(39(42)43)10-11-25(23)37-15-13-36(2)14-16-37/h4-12,17-19,31H,3,13-16,20H2,1-2H3. The number of piperazine rings is 1. The molecule has 7 rings (SSSR count). The Morgan fingerprint density at radius 1 is 1.06 bits per heavy atom. The van der Waals surface area contributed by atoms with Crippen molar-refractivity contribution in [1.29, 1.82) is 0 Å². The van der Waals surface area contributed by atoms with E-state index in [0.717, 1.165) is 31.9 Å². The predicted molar refractivity (Wildman–Crippen MR) is 176 cm³/mol. The van der Waals surface area contributed by atoms with Crippen LogP contribution in [0.4, 0.5) is 11.4 Å². The van der Waals surface area contributed by atoms with Crippen LogP contribution in [-0.2, 0) is 9.53 Å². The second-order valence-electron chi connectivity index (χ2n) is 11.3. The lowest BCUT2D eigenvalue weighted by Crippen LogP contribution is -2.44. The van der Waals surface area contributed by atoms with Crippen LogP contribution in [0.1, 0.15) is 29.7 Å². The van der Waals surface area contributed by atoms with Crippen LogP contribution in [0, 0.1) is 10.1 Å². The quantitative estimate of drug-likeness (QED) is 0.168. The van der Waals surface area contributed by atoms with Gasteiger partial charge in [-0.1, -0.05) is 47.7 Å². The van der Waals surface area contributed by atoms with Gasteiger partial charge in [0.05, 0.1) is 33.4 Å². The van der Waals surface area contributed by atoms with E-state index in [9.17, 15) is 19.7 Å². The molecule has 240 valence electrons. The molecule has 4 aromatic rings. The van der Waals surface area contributed by atoms with Crippen molar-refractivity contribution in [3.05, 3.63) is 119 Å². The highest BCUT2D eigenvalue weighted by atomic mass is 32.1. The number of hydrogen-bond acceptors (Lipinski definition) is 11. The van der Waals surface area contributed by atoms with E-state index in [0.29, 0.717) is 43.2 Å². The number of nitro groups is 1. The molecule has 1 atom stereocenters. The Morgan fingerprint density at radius 2 is 1.83 bits per heavy atom. The molecule has 0 amide bonds. The Labute approximate surface area is 273 Å². The van der Waals surface area contributed by atoms with Crippen molar-refractivity contribution in [2.75, 3.05) is 51.5 Å². The number of likely N-dealkylation sites (N-methyl/N-ethyl adjacent to an activating group) is 1. The number of ether oxygens (including phenoxy) is 3. The SMILES string of the molecule is CCOC(=O)C1=C(c2ccccc2)N=c2sc(=Cc3cc([N+](=O)[O-])ccc3N3CCN(C)CC3)c(=O)n2C1c1ccc2c(c1)OCO2. The number of esters is 1. The molecule has 1 fully saturated rings. The molecule has 47 heavy (non-hydrogen) atoms. The van der Waals surface area contributed by atoms with Crippen molar-refractivity contribution in [3.63, 3.8) is 0 Å². The van der Waals surface area contributed by atoms with Crippen LogP contribution in [0.5, 0.6) is 11.5 Å². The zero-order chi connectivity index (χ0) is 32.7. The molecule has 3 aliphatic heterocycles. The first-order valence-corrected chi connectivity index (χ1v) is 16.0. The van der Waals surface area contributed by atoms with Gasteiger partial charge in [-0.15, -0.1) is 0 Å². The Hall–Kier alpha value is -5.27. The Morgan fingerprint density at radius 3 is 2.57 bits per heavy atom. The monoisotopic (exact) mass is 653 g/mol. The summed E-state index contributed by atoms with van der Waals surface area (Å²) in [5, 5.41) is 11.8. The van der Waals surface area contributed by atoms with E-state index in [1.165, 1.54) is 28.0 Å². The lowest BCUT2D eigenvalue weighted by molar-refractivity contribution is -0.384. The molecular formula is C34H31N5O7S. The summed E-state index contributed by atoms with van der Waals surface area (Å²) < 4.78 is 18.6. The molecule has 0 N–H and O–H groups in total. The molecule has 1 saturated heterocycles. The molecule has 13 heteroatoms. The van der Waals surface area contributed by atoms with Crippen molar-refractivity contribution in [2.24, 2.45) is 4.99 Å². The van der Waals surface area contributed by atoms with Crippen LogP contribution in [0.15, 0.2) is 82.1 Å². The number of nitrogens with zero attached hydrogens (tertiary/aromatic N) is 5. The molecule has 12 nitrogen and oxygen atoms in total. The van der Waals surface area contributed by atoms with Crippen LogP contribution >= 0.6 is 11.3 Å². The van der Waals surface area contributed by atoms with Gasteiger partial charge in [0.1, 0.15) is 0 Å². The zero-order valence-corrected chi connectivity index (χ0v) is 26.6. The van der Waals surface area contributed by atoms with Gasteiger partial charge >= 0.3 is 5.97 Å². The lowest BCUT2D eigenvalue weighted by Gasteiger charge is -2.34. The highest BCUT2D eigenvalue weighted by Gasteiger charge is 2.36. The van der Waals surface area contributed by atoms with Gasteiger partial charge < -0.3 is 24.0 Å². The van der Waals surface area contributed by atoms with Gasteiger partial charge in [0.2, 0.25) is 6.79 Å². The fourth-order valence-corrected chi connectivity index (χ4v) is 7.08. The molecule has 3 aliphatic rings. The summed E-state index contributed by atoms with van der Waals surface area (Å²) in [6.07, 6.45) is 1.69. The Kier molecular flexibility index (Phi) is 8.08. The van der Waals surface area contributed by atoms with Crippen LogP contribution in [0.2, 0.25) is 0 Å². The fraction of sp³-hybridized carbons (Fsp3) is 0.265. The van der Waals surface area contributed by atoms with Crippen molar-refractivity contribution < 1.29 is 23.9 Å². The van der Waals surface area contributed by atoms with Crippen molar-refractivity contribution in [2.45, 2.75) is 13.0 Å². The first-order chi connectivity index (χ1) is 22.8. The molecule has 4 heterocycles. The van der Waals surface area contributed by atoms with Crippen molar-refractivity contribution >= 4 is 40.5 Å². The van der Waals surface area contributed by atoms with E-state index in [1.807, 2.05) is 30.3 Å². The van der Waals surface area contributed by atoms with Gasteiger partial charge in [-0.25, -0.2) is 9.79 Å². The number of benzene rings is 3. The van der Waals surface area contributed by atoms with E-state index in [-0.39, 0.29) is 30.2 Å². The summed E-state index contributed by atoms with van der Waals surface area (Å²) in [4.78, 5) is 49.3. The van der Waals surface area contributed by atoms with E-state index in [2.05, 4.69) is 16.8 Å². The van der Waals surface area contributed by atoms with Crippen LogP contribution < -0.4 is 29.3 Å². The third-order valence-corrected chi connectivity index (χ3v) is 9.42. The molecule has 1 aromatic heterocycles. The smallest absolute Gasteiger partial charge is 0.338 e. The summed E-state index contributed by atoms with van der Waals surface area (Å²) in [6.45, 7) is 5.08. The van der Waals surface area contributed by atoms with E-state index >= 15 is 0 Å². The number of anilines is 1. The maximum atomic E-state index is 14.5. The summed E-state index contributed by atoms with van der Waals surface area (Å²) in [5.41, 5.74) is 2.81. The number of fused-ring (bicyclic) bond motifs is 2. The predicted octanol–water partition coefficient (Wildman–Crippen LogP) is 3.32. The van der Waals surface area contributed by atoms with Gasteiger partial charge in [0.25, 0.3) is 11.2 Å². The van der Waals surface area contributed by atoms with Gasteiger partial charge in [-0.3, -0.25) is 19.5 Å². The molecule has 0 saturated carbocycles. The summed E-state index contributed by atoms with van der Waals surface area (Å²) in [6, 6.07) is 18.4. The lowest BCUT2D eigenvalue weighted by atomic mass is 9.93. The molecule has 0 aliphatic carbocycles. The average molecular weight is 654 g/mol. The molecule has 1 unspecified atom stereocenters. The topological polar surface area (TPSA) is 129 Å². The summed E-state index contributed by atoms with van der Waals surface area (Å²) in [7, 11) is 2.06. The number of hydrogen-bond donors (Lipinski definition) is 0. The van der Waals surface area contributed by atoms with E-state index in [4.69, 9.17) is 19.2 Å². The van der Waals surface area contributed by atoms with Crippen LogP contribution in [-0.4, -0.2) is 67.0 Å². The van der Waals surface area contributed by atoms with E-state index < -0.39 is 16.9 Å². The maximum absolute atomic E-state index is 14.5. The maximum Gasteiger partial charge on any atom is 0.338 e. The minimum absolute atomic E-state index is 0.0657. The van der Waals surface area contributed by atoms with Crippen molar-refractivity contribution in [1.82, 2.24) is 9.47 Å². The van der Waals surface area contributed by atoms with Crippen LogP contribution in [0.3, 0.4) is 0 Å². The minimum atomic E-state index is -0.903. The van der Waals surface area contributed by atoms with Gasteiger partial charge in [0, 0.05) is 55.1 Å². The largest absolute Gasteiger partial charge is 0.463 e.